The molecule has 0 saturated carbocycles. The van der Waals surface area contributed by atoms with Crippen molar-refractivity contribution in [1.29, 1.82) is 0 Å². The Morgan fingerprint density at radius 3 is 1.65 bits per heavy atom. The van der Waals surface area contributed by atoms with Crippen LogP contribution >= 0.6 is 0 Å². The summed E-state index contributed by atoms with van der Waals surface area (Å²) in [5.74, 6) is 1.44. The van der Waals surface area contributed by atoms with Crippen molar-refractivity contribution in [2.75, 3.05) is 0 Å². The van der Waals surface area contributed by atoms with Gasteiger partial charge in [0.05, 0.1) is 5.60 Å². The van der Waals surface area contributed by atoms with Crippen LogP contribution in [-0.4, -0.2) is 10.7 Å². The molecule has 0 aromatic rings. The molecule has 0 aliphatic carbocycles. The maximum Gasteiger partial charge on any atom is 0.0670 e. The molecule has 0 aliphatic rings. The summed E-state index contributed by atoms with van der Waals surface area (Å²) in [4.78, 5) is 0. The van der Waals surface area contributed by atoms with E-state index >= 15 is 0 Å². The number of hydrogen-bond acceptors (Lipinski definition) is 1. The first-order chi connectivity index (χ1) is 7.69. The van der Waals surface area contributed by atoms with Crippen LogP contribution in [0.25, 0.3) is 0 Å². The van der Waals surface area contributed by atoms with E-state index < -0.39 is 5.60 Å². The Hall–Kier alpha value is -0.0400. The summed E-state index contributed by atoms with van der Waals surface area (Å²) in [5, 5.41) is 10.7. The zero-order chi connectivity index (χ0) is 13.7. The van der Waals surface area contributed by atoms with Crippen molar-refractivity contribution in [2.24, 2.45) is 17.3 Å². The van der Waals surface area contributed by atoms with Gasteiger partial charge < -0.3 is 5.11 Å². The molecule has 0 bridgehead atoms. The summed E-state index contributed by atoms with van der Waals surface area (Å²) in [7, 11) is 0. The Kier molecular flexibility index (Phi) is 6.76. The van der Waals surface area contributed by atoms with E-state index in [9.17, 15) is 5.11 Å². The topological polar surface area (TPSA) is 20.2 Å². The average molecular weight is 242 g/mol. The first-order valence-corrected chi connectivity index (χ1v) is 7.41. The van der Waals surface area contributed by atoms with Crippen LogP contribution in [0.1, 0.15) is 80.6 Å². The van der Waals surface area contributed by atoms with Gasteiger partial charge in [0.1, 0.15) is 0 Å². The molecule has 0 aromatic carbocycles. The van der Waals surface area contributed by atoms with Crippen LogP contribution in [0.4, 0.5) is 0 Å². The van der Waals surface area contributed by atoms with Crippen LogP contribution in [0.3, 0.4) is 0 Å². The molecule has 3 atom stereocenters. The van der Waals surface area contributed by atoms with Gasteiger partial charge in [-0.15, -0.1) is 0 Å². The zero-order valence-electron chi connectivity index (χ0n) is 13.1. The fraction of sp³-hybridized carbons (Fsp3) is 1.00. The van der Waals surface area contributed by atoms with Crippen molar-refractivity contribution in [3.63, 3.8) is 0 Å². The molecule has 1 N–H and O–H groups in total. The van der Waals surface area contributed by atoms with E-state index in [0.717, 1.165) is 12.3 Å². The zero-order valence-corrected chi connectivity index (χ0v) is 13.1. The number of aliphatic hydroxyl groups is 1. The van der Waals surface area contributed by atoms with Gasteiger partial charge in [0.2, 0.25) is 0 Å². The molecular weight excluding hydrogens is 208 g/mol. The molecule has 0 aliphatic heterocycles. The van der Waals surface area contributed by atoms with E-state index in [-0.39, 0.29) is 5.41 Å². The van der Waals surface area contributed by atoms with E-state index in [1.165, 1.54) is 25.7 Å². The second-order valence-electron chi connectivity index (χ2n) is 6.85. The monoisotopic (exact) mass is 242 g/mol. The van der Waals surface area contributed by atoms with Gasteiger partial charge in [-0.25, -0.2) is 0 Å². The molecule has 3 unspecified atom stereocenters. The fourth-order valence-electron chi connectivity index (χ4n) is 2.61. The van der Waals surface area contributed by atoms with E-state index in [1.54, 1.807) is 0 Å². The molecule has 0 spiro atoms. The normalized spacial score (nSPS) is 19.8. The fourth-order valence-corrected chi connectivity index (χ4v) is 2.61. The van der Waals surface area contributed by atoms with Gasteiger partial charge in [0.25, 0.3) is 0 Å². The van der Waals surface area contributed by atoms with Crippen LogP contribution in [0.2, 0.25) is 0 Å². The van der Waals surface area contributed by atoms with Crippen molar-refractivity contribution >= 4 is 0 Å². The Morgan fingerprint density at radius 2 is 1.35 bits per heavy atom. The molecular formula is C16H34O. The molecule has 0 fully saturated rings. The second-order valence-corrected chi connectivity index (χ2v) is 6.85. The van der Waals surface area contributed by atoms with Crippen LogP contribution < -0.4 is 0 Å². The maximum atomic E-state index is 10.7. The van der Waals surface area contributed by atoms with Crippen LogP contribution in [-0.2, 0) is 0 Å². The molecule has 0 heterocycles. The summed E-state index contributed by atoms with van der Waals surface area (Å²) < 4.78 is 0. The lowest BCUT2D eigenvalue weighted by Gasteiger charge is -2.41. The maximum absolute atomic E-state index is 10.7. The molecule has 0 aromatic heterocycles. The Bertz CT molecular complexity index is 200. The molecule has 1 nitrogen and oxygen atoms in total. The third kappa shape index (κ3) is 4.99. The van der Waals surface area contributed by atoms with Gasteiger partial charge in [0, 0.05) is 0 Å². The summed E-state index contributed by atoms with van der Waals surface area (Å²) in [5.41, 5.74) is -0.597. The Labute approximate surface area is 109 Å². The molecule has 0 saturated heterocycles. The van der Waals surface area contributed by atoms with Crippen molar-refractivity contribution in [3.05, 3.63) is 0 Å². The molecule has 0 amide bonds. The van der Waals surface area contributed by atoms with Gasteiger partial charge in [-0.2, -0.15) is 0 Å². The Balaban J connectivity index is 4.68. The lowest BCUT2D eigenvalue weighted by Crippen LogP contribution is -2.42. The lowest BCUT2D eigenvalue weighted by molar-refractivity contribution is -0.0664. The van der Waals surface area contributed by atoms with E-state index in [2.05, 4.69) is 41.5 Å². The van der Waals surface area contributed by atoms with Crippen LogP contribution in [0.15, 0.2) is 0 Å². The predicted octanol–water partition coefficient (Wildman–Crippen LogP) is 5.03. The SMILES string of the molecule is CCCC(CC)C(CC)CC(C)(O)C(C)(C)C. The predicted molar refractivity (Wildman–Crippen MR) is 77.2 cm³/mol. The standard InChI is InChI=1S/C16H34O/c1-8-11-13(9-2)14(10-3)12-16(7,17)15(4,5)6/h13-14,17H,8-12H2,1-7H3. The number of rotatable bonds is 7. The summed E-state index contributed by atoms with van der Waals surface area (Å²) in [6.07, 6.45) is 5.92. The first kappa shape index (κ1) is 17.0. The van der Waals surface area contributed by atoms with Gasteiger partial charge in [-0.3, -0.25) is 0 Å². The van der Waals surface area contributed by atoms with Gasteiger partial charge in [0.15, 0.2) is 0 Å². The van der Waals surface area contributed by atoms with E-state index in [4.69, 9.17) is 0 Å². The van der Waals surface area contributed by atoms with Gasteiger partial charge in [-0.05, 0) is 30.6 Å². The highest BCUT2D eigenvalue weighted by Gasteiger charge is 2.38. The third-order valence-electron chi connectivity index (χ3n) is 4.65. The molecule has 104 valence electrons. The van der Waals surface area contributed by atoms with E-state index in [1.807, 2.05) is 6.92 Å². The van der Waals surface area contributed by atoms with Crippen molar-refractivity contribution in [2.45, 2.75) is 86.2 Å². The summed E-state index contributed by atoms with van der Waals surface area (Å²) in [6, 6.07) is 0. The van der Waals surface area contributed by atoms with Crippen LogP contribution in [0.5, 0.6) is 0 Å². The highest BCUT2D eigenvalue weighted by Crippen LogP contribution is 2.39. The largest absolute Gasteiger partial charge is 0.390 e. The second kappa shape index (κ2) is 6.78. The molecule has 0 radical (unpaired) electrons. The van der Waals surface area contributed by atoms with Gasteiger partial charge in [-0.1, -0.05) is 67.2 Å². The molecule has 0 rings (SSSR count). The molecule has 17 heavy (non-hydrogen) atoms. The first-order valence-electron chi connectivity index (χ1n) is 7.41. The van der Waals surface area contributed by atoms with E-state index in [0.29, 0.717) is 5.92 Å². The van der Waals surface area contributed by atoms with Crippen LogP contribution in [0, 0.1) is 17.3 Å². The smallest absolute Gasteiger partial charge is 0.0670 e. The minimum Gasteiger partial charge on any atom is -0.390 e. The minimum atomic E-state index is -0.561. The Morgan fingerprint density at radius 1 is 0.882 bits per heavy atom. The minimum absolute atomic E-state index is 0.0368. The molecule has 1 heteroatoms. The average Bonchev–Trinajstić information content (AvgIpc) is 2.21. The third-order valence-corrected chi connectivity index (χ3v) is 4.65. The van der Waals surface area contributed by atoms with Crippen molar-refractivity contribution in [1.82, 2.24) is 0 Å². The van der Waals surface area contributed by atoms with Crippen molar-refractivity contribution in [3.8, 4) is 0 Å². The quantitative estimate of drug-likeness (QED) is 0.664. The lowest BCUT2D eigenvalue weighted by atomic mass is 9.69. The van der Waals surface area contributed by atoms with Gasteiger partial charge >= 0.3 is 0 Å². The highest BCUT2D eigenvalue weighted by atomic mass is 16.3. The number of hydrogen-bond donors (Lipinski definition) is 1. The summed E-state index contributed by atoms with van der Waals surface area (Å²) >= 11 is 0. The van der Waals surface area contributed by atoms with Crippen molar-refractivity contribution < 1.29 is 5.11 Å². The highest BCUT2D eigenvalue weighted by molar-refractivity contribution is 4.89. The summed E-state index contributed by atoms with van der Waals surface area (Å²) in [6.45, 7) is 15.2.